The molecule has 0 spiro atoms. The van der Waals surface area contributed by atoms with Gasteiger partial charge >= 0.3 is 11.8 Å². The van der Waals surface area contributed by atoms with Gasteiger partial charge in [0.1, 0.15) is 6.54 Å². The number of hydrogen-bond donors (Lipinski definition) is 2. The maximum atomic E-state index is 12.1. The van der Waals surface area contributed by atoms with Gasteiger partial charge in [0.15, 0.2) is 0 Å². The molecular formula is C15H16N4O5. The molecule has 1 heterocycles. The average Bonchev–Trinajstić information content (AvgIpc) is 3.00. The number of nitro groups is 1. The molecule has 1 aromatic heterocycles. The number of rotatable bonds is 8. The molecule has 24 heavy (non-hydrogen) atoms. The fraction of sp³-hybridized carbons (Fsp3) is 0.267. The van der Waals surface area contributed by atoms with Crippen LogP contribution >= 0.6 is 0 Å². The van der Waals surface area contributed by atoms with Gasteiger partial charge in [0.05, 0.1) is 23.4 Å². The zero-order valence-electron chi connectivity index (χ0n) is 12.7. The molecule has 1 unspecified atom stereocenters. The molecule has 2 N–H and O–H groups in total. The summed E-state index contributed by atoms with van der Waals surface area (Å²) < 4.78 is 1.16. The van der Waals surface area contributed by atoms with E-state index >= 15 is 0 Å². The monoisotopic (exact) mass is 332 g/mol. The average molecular weight is 332 g/mol. The highest BCUT2D eigenvalue weighted by atomic mass is 16.6. The second kappa shape index (κ2) is 7.86. The molecule has 0 saturated carbocycles. The van der Waals surface area contributed by atoms with Crippen LogP contribution in [0.1, 0.15) is 24.4 Å². The third-order valence-corrected chi connectivity index (χ3v) is 3.30. The Bertz CT molecular complexity index is 728. The minimum Gasteiger partial charge on any atom is -0.481 e. The van der Waals surface area contributed by atoms with E-state index in [0.717, 1.165) is 10.2 Å². The van der Waals surface area contributed by atoms with Crippen LogP contribution in [0.2, 0.25) is 0 Å². The summed E-state index contributed by atoms with van der Waals surface area (Å²) in [5, 5.41) is 25.8. The second-order valence-corrected chi connectivity index (χ2v) is 5.09. The van der Waals surface area contributed by atoms with Crippen LogP contribution in [0.5, 0.6) is 0 Å². The Labute approximate surface area is 137 Å². The number of carboxylic acids is 1. The van der Waals surface area contributed by atoms with Crippen molar-refractivity contribution in [3.05, 3.63) is 58.3 Å². The van der Waals surface area contributed by atoms with Crippen LogP contribution in [0.25, 0.3) is 0 Å². The molecule has 0 aliphatic carbocycles. The van der Waals surface area contributed by atoms with E-state index in [1.54, 1.807) is 24.3 Å². The summed E-state index contributed by atoms with van der Waals surface area (Å²) in [7, 11) is 0. The number of carbonyl (C=O) groups is 2. The van der Waals surface area contributed by atoms with E-state index in [1.165, 1.54) is 12.3 Å². The zero-order chi connectivity index (χ0) is 17.5. The number of nitrogens with one attached hydrogen (secondary N) is 1. The van der Waals surface area contributed by atoms with Crippen LogP contribution in [0.3, 0.4) is 0 Å². The number of carboxylic acid groups (broad SMARTS) is 1. The highest BCUT2D eigenvalue weighted by Gasteiger charge is 2.18. The van der Waals surface area contributed by atoms with Crippen molar-refractivity contribution in [1.82, 2.24) is 15.1 Å². The van der Waals surface area contributed by atoms with Crippen molar-refractivity contribution >= 4 is 17.7 Å². The summed E-state index contributed by atoms with van der Waals surface area (Å²) in [5.41, 5.74) is 0.790. The zero-order valence-corrected chi connectivity index (χ0v) is 12.7. The molecule has 0 saturated heterocycles. The van der Waals surface area contributed by atoms with Crippen molar-refractivity contribution < 1.29 is 19.6 Å². The van der Waals surface area contributed by atoms with E-state index in [-0.39, 0.29) is 25.2 Å². The van der Waals surface area contributed by atoms with Crippen LogP contribution in [-0.4, -0.2) is 31.7 Å². The minimum atomic E-state index is -0.951. The van der Waals surface area contributed by atoms with Gasteiger partial charge in [-0.05, 0) is 16.9 Å². The lowest BCUT2D eigenvalue weighted by Gasteiger charge is -2.18. The molecule has 0 aliphatic rings. The van der Waals surface area contributed by atoms with Crippen molar-refractivity contribution in [3.8, 4) is 0 Å². The number of amides is 1. The number of carbonyl (C=O) groups excluding carboxylic acids is 1. The summed E-state index contributed by atoms with van der Waals surface area (Å²) in [4.78, 5) is 32.9. The maximum absolute atomic E-state index is 12.1. The lowest BCUT2D eigenvalue weighted by molar-refractivity contribution is -0.389. The molecule has 1 aromatic carbocycles. The lowest BCUT2D eigenvalue weighted by atomic mass is 10.0. The molecule has 0 fully saturated rings. The largest absolute Gasteiger partial charge is 0.481 e. The molecule has 2 aromatic rings. The van der Waals surface area contributed by atoms with E-state index in [4.69, 9.17) is 5.11 Å². The number of nitrogens with zero attached hydrogens (tertiary/aromatic N) is 3. The Kier molecular flexibility index (Phi) is 5.61. The van der Waals surface area contributed by atoms with E-state index in [2.05, 4.69) is 10.4 Å². The summed E-state index contributed by atoms with van der Waals surface area (Å²) in [6.45, 7) is -0.190. The molecule has 0 aliphatic heterocycles. The Morgan fingerprint density at radius 3 is 2.58 bits per heavy atom. The first kappa shape index (κ1) is 17.1. The Morgan fingerprint density at radius 2 is 2.00 bits per heavy atom. The van der Waals surface area contributed by atoms with Crippen molar-refractivity contribution in [1.29, 1.82) is 0 Å². The normalized spacial score (nSPS) is 11.7. The van der Waals surface area contributed by atoms with Gasteiger partial charge in [-0.15, -0.1) is 0 Å². The Morgan fingerprint density at radius 1 is 1.29 bits per heavy atom. The molecule has 9 heteroatoms. The summed E-state index contributed by atoms with van der Waals surface area (Å²) >= 11 is 0. The van der Waals surface area contributed by atoms with Crippen LogP contribution in [0.15, 0.2) is 42.6 Å². The van der Waals surface area contributed by atoms with Gasteiger partial charge in [-0.1, -0.05) is 30.3 Å². The van der Waals surface area contributed by atoms with Gasteiger partial charge in [-0.25, -0.2) is 0 Å². The van der Waals surface area contributed by atoms with Crippen molar-refractivity contribution in [2.24, 2.45) is 0 Å². The number of aliphatic carboxylic acids is 1. The van der Waals surface area contributed by atoms with E-state index in [1.807, 2.05) is 6.07 Å². The van der Waals surface area contributed by atoms with E-state index in [0.29, 0.717) is 0 Å². The summed E-state index contributed by atoms with van der Waals surface area (Å²) in [5.74, 6) is -1.70. The molecule has 1 amide bonds. The molecular weight excluding hydrogens is 316 g/mol. The molecule has 2 rings (SSSR count). The quantitative estimate of drug-likeness (QED) is 0.557. The number of benzene rings is 1. The maximum Gasteiger partial charge on any atom is 0.389 e. The second-order valence-electron chi connectivity index (χ2n) is 5.09. The minimum absolute atomic E-state index is 0.0902. The van der Waals surface area contributed by atoms with Crippen molar-refractivity contribution in [2.75, 3.05) is 0 Å². The predicted octanol–water partition coefficient (Wildman–Crippen LogP) is 1.51. The Hall–Kier alpha value is -3.23. The first-order valence-corrected chi connectivity index (χ1v) is 7.19. The van der Waals surface area contributed by atoms with Crippen molar-refractivity contribution in [3.63, 3.8) is 0 Å². The molecule has 9 nitrogen and oxygen atoms in total. The highest BCUT2D eigenvalue weighted by Crippen LogP contribution is 2.18. The summed E-state index contributed by atoms with van der Waals surface area (Å²) in [6, 6.07) is 9.75. The van der Waals surface area contributed by atoms with Crippen LogP contribution < -0.4 is 5.32 Å². The van der Waals surface area contributed by atoms with Gasteiger partial charge in [-0.2, -0.15) is 4.68 Å². The highest BCUT2D eigenvalue weighted by molar-refractivity contribution is 5.76. The lowest BCUT2D eigenvalue weighted by Crippen LogP contribution is -2.32. The fourth-order valence-corrected chi connectivity index (χ4v) is 2.20. The van der Waals surface area contributed by atoms with Crippen LogP contribution in [0.4, 0.5) is 5.82 Å². The van der Waals surface area contributed by atoms with Gasteiger partial charge in [0, 0.05) is 6.42 Å². The standard InChI is InChI=1S/C15H16N4O5/c20-14(10-18-9-8-13(17-18)19(23)24)16-12(6-7-15(21)22)11-4-2-1-3-5-11/h1-5,8-9,12H,6-7,10H2,(H,16,20)(H,21,22). The van der Waals surface area contributed by atoms with Gasteiger partial charge in [0.25, 0.3) is 0 Å². The van der Waals surface area contributed by atoms with E-state index in [9.17, 15) is 19.7 Å². The Balaban J connectivity index is 2.03. The summed E-state index contributed by atoms with van der Waals surface area (Å²) in [6.07, 6.45) is 1.49. The molecule has 126 valence electrons. The number of aromatic nitrogens is 2. The number of hydrogen-bond acceptors (Lipinski definition) is 5. The van der Waals surface area contributed by atoms with Gasteiger partial charge in [0.2, 0.25) is 5.91 Å². The fourth-order valence-electron chi connectivity index (χ4n) is 2.20. The third kappa shape index (κ3) is 4.90. The van der Waals surface area contributed by atoms with Crippen LogP contribution in [0, 0.1) is 10.1 Å². The van der Waals surface area contributed by atoms with Crippen LogP contribution in [-0.2, 0) is 16.1 Å². The van der Waals surface area contributed by atoms with Gasteiger partial charge in [-0.3, -0.25) is 9.59 Å². The first-order chi connectivity index (χ1) is 11.5. The SMILES string of the molecule is O=C(O)CCC(NC(=O)Cn1ccc([N+](=O)[O-])n1)c1ccccc1. The third-order valence-electron chi connectivity index (χ3n) is 3.30. The molecule has 0 radical (unpaired) electrons. The van der Waals surface area contributed by atoms with E-state index < -0.39 is 22.8 Å². The topological polar surface area (TPSA) is 127 Å². The van der Waals surface area contributed by atoms with Gasteiger partial charge < -0.3 is 20.5 Å². The molecule has 1 atom stereocenters. The predicted molar refractivity (Wildman–Crippen MR) is 83.1 cm³/mol. The van der Waals surface area contributed by atoms with Crippen molar-refractivity contribution in [2.45, 2.75) is 25.4 Å². The first-order valence-electron chi connectivity index (χ1n) is 7.19. The molecule has 0 bridgehead atoms. The smallest absolute Gasteiger partial charge is 0.389 e.